The van der Waals surface area contributed by atoms with Crippen molar-refractivity contribution in [3.8, 4) is 0 Å². The zero-order chi connectivity index (χ0) is 15.1. The predicted molar refractivity (Wildman–Crippen MR) is 89.2 cm³/mol. The van der Waals surface area contributed by atoms with Crippen LogP contribution in [0.1, 0.15) is 18.1 Å². The lowest BCUT2D eigenvalue weighted by atomic mass is 10.2. The van der Waals surface area contributed by atoms with Crippen molar-refractivity contribution in [3.63, 3.8) is 0 Å². The maximum Gasteiger partial charge on any atom is 0.320 e. The van der Waals surface area contributed by atoms with E-state index in [1.165, 1.54) is 11.1 Å². The van der Waals surface area contributed by atoms with Crippen molar-refractivity contribution < 1.29 is 9.53 Å². The maximum atomic E-state index is 11.8. The number of carbonyl (C=O) groups excluding carboxylic acids is 1. The van der Waals surface area contributed by atoms with Crippen LogP contribution in [0.25, 0.3) is 0 Å². The van der Waals surface area contributed by atoms with Crippen LogP contribution in [0, 0.1) is 0 Å². The lowest BCUT2D eigenvalue weighted by molar-refractivity contribution is -0.144. The molecule has 0 saturated carbocycles. The molecule has 112 valence electrons. The molecular formula is C16H18BrNO2S. The van der Waals surface area contributed by atoms with Gasteiger partial charge in [-0.1, -0.05) is 30.3 Å². The van der Waals surface area contributed by atoms with Gasteiger partial charge in [-0.15, -0.1) is 11.3 Å². The zero-order valence-electron chi connectivity index (χ0n) is 11.9. The van der Waals surface area contributed by atoms with E-state index in [9.17, 15) is 4.79 Å². The summed E-state index contributed by atoms with van der Waals surface area (Å²) in [6, 6.07) is 12.3. The maximum absolute atomic E-state index is 11.8. The van der Waals surface area contributed by atoms with Crippen LogP contribution in [0.5, 0.6) is 0 Å². The number of benzene rings is 1. The quantitative estimate of drug-likeness (QED) is 0.690. The molecule has 21 heavy (non-hydrogen) atoms. The summed E-state index contributed by atoms with van der Waals surface area (Å²) in [6.07, 6.45) is 0. The Kier molecular flexibility index (Phi) is 6.42. The number of ether oxygens (including phenoxy) is 1. The first-order valence-electron chi connectivity index (χ1n) is 6.82. The van der Waals surface area contributed by atoms with E-state index in [4.69, 9.17) is 4.74 Å². The fourth-order valence-corrected chi connectivity index (χ4v) is 3.29. The van der Waals surface area contributed by atoms with E-state index in [2.05, 4.69) is 44.4 Å². The third kappa shape index (κ3) is 5.61. The van der Waals surface area contributed by atoms with Gasteiger partial charge < -0.3 is 4.74 Å². The summed E-state index contributed by atoms with van der Waals surface area (Å²) in [6.45, 7) is 4.01. The molecule has 0 spiro atoms. The van der Waals surface area contributed by atoms with Crippen molar-refractivity contribution in [1.82, 2.24) is 4.90 Å². The van der Waals surface area contributed by atoms with E-state index < -0.39 is 0 Å². The minimum Gasteiger partial charge on any atom is -0.465 e. The average molecular weight is 368 g/mol. The van der Waals surface area contributed by atoms with Gasteiger partial charge in [-0.2, -0.15) is 0 Å². The summed E-state index contributed by atoms with van der Waals surface area (Å²) in [5.41, 5.74) is 2.39. The minimum absolute atomic E-state index is 0.178. The van der Waals surface area contributed by atoms with Crippen molar-refractivity contribution in [2.45, 2.75) is 20.0 Å². The van der Waals surface area contributed by atoms with Gasteiger partial charge in [-0.05, 0) is 45.4 Å². The molecule has 0 radical (unpaired) electrons. The van der Waals surface area contributed by atoms with Crippen LogP contribution in [0.3, 0.4) is 0 Å². The summed E-state index contributed by atoms with van der Waals surface area (Å²) in [5, 5.41) is 2.10. The molecule has 0 atom stereocenters. The molecule has 0 aliphatic rings. The first-order valence-corrected chi connectivity index (χ1v) is 8.49. The summed E-state index contributed by atoms with van der Waals surface area (Å²) < 4.78 is 6.17. The molecule has 0 saturated heterocycles. The number of halogens is 1. The standard InChI is InChI=1S/C16H18BrNO2S/c1-2-20-16(19)11-18(9-13-6-4-3-5-7-13)10-14-8-15(17)21-12-14/h3-8,12H,2,9-11H2,1H3. The van der Waals surface area contributed by atoms with Gasteiger partial charge in [0.2, 0.25) is 0 Å². The second-order valence-corrected chi connectivity index (χ2v) is 6.99. The Balaban J connectivity index is 2.04. The second-order valence-electron chi connectivity index (χ2n) is 4.69. The lowest BCUT2D eigenvalue weighted by Gasteiger charge is -2.21. The molecule has 0 amide bonds. The largest absolute Gasteiger partial charge is 0.465 e. The highest BCUT2D eigenvalue weighted by atomic mass is 79.9. The normalized spacial score (nSPS) is 10.8. The van der Waals surface area contributed by atoms with E-state index in [1.54, 1.807) is 11.3 Å². The first kappa shape index (κ1) is 16.2. The van der Waals surface area contributed by atoms with Crippen LogP contribution in [0.4, 0.5) is 0 Å². The number of esters is 1. The van der Waals surface area contributed by atoms with Gasteiger partial charge in [0.25, 0.3) is 0 Å². The Hall–Kier alpha value is -1.17. The fraction of sp³-hybridized carbons (Fsp3) is 0.312. The monoisotopic (exact) mass is 367 g/mol. The fourth-order valence-electron chi connectivity index (χ4n) is 2.09. The first-order chi connectivity index (χ1) is 10.2. The lowest BCUT2D eigenvalue weighted by Crippen LogP contribution is -2.30. The highest BCUT2D eigenvalue weighted by molar-refractivity contribution is 9.11. The van der Waals surface area contributed by atoms with Gasteiger partial charge >= 0.3 is 5.97 Å². The van der Waals surface area contributed by atoms with Gasteiger partial charge in [0.15, 0.2) is 0 Å². The number of carbonyl (C=O) groups is 1. The number of nitrogens with zero attached hydrogens (tertiary/aromatic N) is 1. The molecule has 0 aliphatic heterocycles. The SMILES string of the molecule is CCOC(=O)CN(Cc1ccccc1)Cc1csc(Br)c1. The molecule has 1 aromatic heterocycles. The average Bonchev–Trinajstić information content (AvgIpc) is 2.85. The number of hydrogen-bond donors (Lipinski definition) is 0. The smallest absolute Gasteiger partial charge is 0.320 e. The van der Waals surface area contributed by atoms with Gasteiger partial charge in [-0.3, -0.25) is 9.69 Å². The third-order valence-electron chi connectivity index (χ3n) is 2.93. The molecule has 0 fully saturated rings. The molecule has 3 nitrogen and oxygen atoms in total. The van der Waals surface area contributed by atoms with Crippen molar-refractivity contribution in [3.05, 3.63) is 56.7 Å². The third-order valence-corrected chi connectivity index (χ3v) is 4.49. The summed E-state index contributed by atoms with van der Waals surface area (Å²) in [4.78, 5) is 13.9. The molecule has 0 aliphatic carbocycles. The van der Waals surface area contributed by atoms with Gasteiger partial charge in [0.05, 0.1) is 16.9 Å². The van der Waals surface area contributed by atoms with Crippen LogP contribution >= 0.6 is 27.3 Å². The number of rotatable bonds is 7. The number of thiophene rings is 1. The highest BCUT2D eigenvalue weighted by Crippen LogP contribution is 2.22. The molecule has 0 unspecified atom stereocenters. The van der Waals surface area contributed by atoms with Crippen molar-refractivity contribution in [1.29, 1.82) is 0 Å². The molecule has 2 rings (SSSR count). The summed E-state index contributed by atoms with van der Waals surface area (Å²) in [7, 11) is 0. The van der Waals surface area contributed by atoms with Gasteiger partial charge in [0.1, 0.15) is 0 Å². The van der Waals surface area contributed by atoms with Crippen LogP contribution in [-0.4, -0.2) is 24.0 Å². The van der Waals surface area contributed by atoms with Gasteiger partial charge in [-0.25, -0.2) is 0 Å². The molecule has 0 N–H and O–H groups in total. The molecule has 1 heterocycles. The molecule has 2 aromatic rings. The Morgan fingerprint density at radius 1 is 1.24 bits per heavy atom. The van der Waals surface area contributed by atoms with Crippen LogP contribution in [-0.2, 0) is 22.6 Å². The molecule has 1 aromatic carbocycles. The molecule has 0 bridgehead atoms. The topological polar surface area (TPSA) is 29.5 Å². The zero-order valence-corrected chi connectivity index (χ0v) is 14.3. The Bertz CT molecular complexity index is 571. The van der Waals surface area contributed by atoms with E-state index in [0.717, 1.165) is 16.9 Å². The van der Waals surface area contributed by atoms with Crippen molar-refractivity contribution in [2.24, 2.45) is 0 Å². The van der Waals surface area contributed by atoms with Gasteiger partial charge in [0, 0.05) is 13.1 Å². The van der Waals surface area contributed by atoms with Crippen LogP contribution in [0.2, 0.25) is 0 Å². The molecule has 5 heteroatoms. The van der Waals surface area contributed by atoms with E-state index >= 15 is 0 Å². The van der Waals surface area contributed by atoms with Crippen molar-refractivity contribution in [2.75, 3.05) is 13.2 Å². The van der Waals surface area contributed by atoms with E-state index in [-0.39, 0.29) is 5.97 Å². The summed E-state index contributed by atoms with van der Waals surface area (Å²) in [5.74, 6) is -0.178. The Labute approximate surface area is 137 Å². The second kappa shape index (κ2) is 8.32. The minimum atomic E-state index is -0.178. The van der Waals surface area contributed by atoms with Crippen molar-refractivity contribution >= 4 is 33.2 Å². The highest BCUT2D eigenvalue weighted by Gasteiger charge is 2.13. The Morgan fingerprint density at radius 2 is 1.95 bits per heavy atom. The molecular weight excluding hydrogens is 350 g/mol. The van der Waals surface area contributed by atoms with Crippen LogP contribution in [0.15, 0.2) is 45.6 Å². The van der Waals surface area contributed by atoms with E-state index in [1.807, 2.05) is 25.1 Å². The predicted octanol–water partition coefficient (Wildman–Crippen LogP) is 4.08. The number of hydrogen-bond acceptors (Lipinski definition) is 4. The van der Waals surface area contributed by atoms with E-state index in [0.29, 0.717) is 13.2 Å². The summed E-state index contributed by atoms with van der Waals surface area (Å²) >= 11 is 5.13. The van der Waals surface area contributed by atoms with Crippen LogP contribution < -0.4 is 0 Å². The Morgan fingerprint density at radius 3 is 2.57 bits per heavy atom.